The highest BCUT2D eigenvalue weighted by atomic mass is 35.5. The van der Waals surface area contributed by atoms with Gasteiger partial charge < -0.3 is 18.9 Å². The van der Waals surface area contributed by atoms with Crippen molar-refractivity contribution in [1.82, 2.24) is 4.57 Å². The molecule has 0 spiro atoms. The van der Waals surface area contributed by atoms with Crippen molar-refractivity contribution in [3.63, 3.8) is 0 Å². The Balaban J connectivity index is 1.42. The number of halogens is 1. The number of carbonyl (C=O) groups excluding carboxylic acids is 1. The van der Waals surface area contributed by atoms with Gasteiger partial charge in [-0.15, -0.1) is 0 Å². The summed E-state index contributed by atoms with van der Waals surface area (Å²) in [4.78, 5) is 32.7. The summed E-state index contributed by atoms with van der Waals surface area (Å²) in [6.45, 7) is 7.82. The number of hydrogen-bond donors (Lipinski definition) is 0. The van der Waals surface area contributed by atoms with Crippen molar-refractivity contribution in [2.75, 3.05) is 13.7 Å². The van der Waals surface area contributed by atoms with Crippen LogP contribution in [0.3, 0.4) is 0 Å². The maximum atomic E-state index is 14.2. The fraction of sp³-hybridized carbons (Fsp3) is 0.237. The molecule has 5 aromatic rings. The lowest BCUT2D eigenvalue weighted by Crippen LogP contribution is -2.40. The molecule has 0 aliphatic carbocycles. The largest absolute Gasteiger partial charge is 0.493 e. The Morgan fingerprint density at radius 1 is 1.04 bits per heavy atom. The fourth-order valence-electron chi connectivity index (χ4n) is 5.84. The van der Waals surface area contributed by atoms with Gasteiger partial charge in [-0.05, 0) is 73.9 Å². The number of nitrogens with zero attached hydrogens (tertiary/aromatic N) is 2. The third-order valence-electron chi connectivity index (χ3n) is 7.89. The molecule has 1 aromatic heterocycles. The normalized spacial score (nSPS) is 14.6. The lowest BCUT2D eigenvalue weighted by molar-refractivity contribution is -0.139. The van der Waals surface area contributed by atoms with E-state index in [9.17, 15) is 9.59 Å². The highest BCUT2D eigenvalue weighted by molar-refractivity contribution is 7.07. The Morgan fingerprint density at radius 3 is 2.56 bits per heavy atom. The molecule has 246 valence electrons. The SMILES string of the molecule is CCOC(=O)C1=C(C)N=c2s/c(=C/c3cc(Cl)c(OCc4cccc5ccccc45)c(OC)c3)c(=O)n2[C@H]1c1ccccc1OC(C)C. The second kappa shape index (κ2) is 14.1. The van der Waals surface area contributed by atoms with Gasteiger partial charge in [-0.1, -0.05) is 83.6 Å². The number of carbonyl (C=O) groups is 1. The number of thiazole rings is 1. The van der Waals surface area contributed by atoms with E-state index in [4.69, 9.17) is 30.5 Å². The van der Waals surface area contributed by atoms with Crippen LogP contribution in [0.25, 0.3) is 16.8 Å². The Bertz CT molecular complexity index is 2230. The summed E-state index contributed by atoms with van der Waals surface area (Å²) in [5.74, 6) is 0.870. The fourth-order valence-corrected chi connectivity index (χ4v) is 7.16. The van der Waals surface area contributed by atoms with Crippen LogP contribution >= 0.6 is 22.9 Å². The van der Waals surface area contributed by atoms with Gasteiger partial charge in [-0.25, -0.2) is 9.79 Å². The molecule has 4 aromatic carbocycles. The van der Waals surface area contributed by atoms with Crippen molar-refractivity contribution >= 4 is 45.8 Å². The lowest BCUT2D eigenvalue weighted by Gasteiger charge is -2.26. The van der Waals surface area contributed by atoms with E-state index in [1.165, 1.54) is 11.3 Å². The lowest BCUT2D eigenvalue weighted by atomic mass is 9.95. The van der Waals surface area contributed by atoms with E-state index in [0.717, 1.165) is 16.3 Å². The van der Waals surface area contributed by atoms with Crippen molar-refractivity contribution in [2.45, 2.75) is 46.4 Å². The molecule has 2 heterocycles. The van der Waals surface area contributed by atoms with E-state index in [2.05, 4.69) is 23.2 Å². The zero-order valence-electron chi connectivity index (χ0n) is 27.3. The second-order valence-corrected chi connectivity index (χ2v) is 12.9. The molecule has 0 unspecified atom stereocenters. The van der Waals surface area contributed by atoms with Gasteiger partial charge in [-0.3, -0.25) is 9.36 Å². The number of allylic oxidation sites excluding steroid dienone is 1. The summed E-state index contributed by atoms with van der Waals surface area (Å²) < 4.78 is 25.4. The molecule has 1 atom stereocenters. The van der Waals surface area contributed by atoms with E-state index in [1.807, 2.05) is 62.4 Å². The number of hydrogen-bond acceptors (Lipinski definition) is 8. The molecular weight excluding hydrogens is 648 g/mol. The van der Waals surface area contributed by atoms with E-state index in [1.54, 1.807) is 43.7 Å². The van der Waals surface area contributed by atoms with Crippen molar-refractivity contribution in [3.05, 3.63) is 132 Å². The van der Waals surface area contributed by atoms with Gasteiger partial charge in [0.2, 0.25) is 0 Å². The molecule has 48 heavy (non-hydrogen) atoms. The number of esters is 1. The van der Waals surface area contributed by atoms with Gasteiger partial charge in [0.05, 0.1) is 40.6 Å². The highest BCUT2D eigenvalue weighted by Crippen LogP contribution is 2.38. The molecule has 1 aliphatic rings. The van der Waals surface area contributed by atoms with Crippen LogP contribution in [0.5, 0.6) is 17.2 Å². The van der Waals surface area contributed by atoms with Crippen LogP contribution in [0.15, 0.2) is 99.9 Å². The summed E-state index contributed by atoms with van der Waals surface area (Å²) in [6, 6.07) is 24.3. The van der Waals surface area contributed by atoms with Crippen LogP contribution in [-0.4, -0.2) is 30.4 Å². The monoisotopic (exact) mass is 682 g/mol. The first-order valence-electron chi connectivity index (χ1n) is 15.6. The van der Waals surface area contributed by atoms with Crippen molar-refractivity contribution in [3.8, 4) is 17.2 Å². The van der Waals surface area contributed by atoms with E-state index in [-0.39, 0.29) is 23.8 Å². The quantitative estimate of drug-likeness (QED) is 0.148. The van der Waals surface area contributed by atoms with Gasteiger partial charge >= 0.3 is 5.97 Å². The molecular formula is C38H35ClN2O6S. The number of methoxy groups -OCH3 is 1. The molecule has 0 saturated carbocycles. The van der Waals surface area contributed by atoms with E-state index < -0.39 is 12.0 Å². The van der Waals surface area contributed by atoms with Crippen LogP contribution in [0.1, 0.15) is 50.4 Å². The third kappa shape index (κ3) is 6.48. The Hall–Kier alpha value is -4.86. The maximum absolute atomic E-state index is 14.2. The molecule has 8 nitrogen and oxygen atoms in total. The summed E-state index contributed by atoms with van der Waals surface area (Å²) in [5, 5.41) is 2.56. The Morgan fingerprint density at radius 2 is 1.79 bits per heavy atom. The van der Waals surface area contributed by atoms with Gasteiger partial charge in [-0.2, -0.15) is 0 Å². The first-order chi connectivity index (χ1) is 23.2. The summed E-state index contributed by atoms with van der Waals surface area (Å²) >= 11 is 8.00. The average molecular weight is 683 g/mol. The summed E-state index contributed by atoms with van der Waals surface area (Å²) in [7, 11) is 1.55. The molecule has 0 amide bonds. The zero-order valence-corrected chi connectivity index (χ0v) is 28.9. The van der Waals surface area contributed by atoms with Crippen LogP contribution in [-0.2, 0) is 16.1 Å². The average Bonchev–Trinajstić information content (AvgIpc) is 3.37. The minimum absolute atomic E-state index is 0.128. The van der Waals surface area contributed by atoms with Gasteiger partial charge in [0.1, 0.15) is 18.4 Å². The van der Waals surface area contributed by atoms with Crippen molar-refractivity contribution in [1.29, 1.82) is 0 Å². The minimum Gasteiger partial charge on any atom is -0.493 e. The van der Waals surface area contributed by atoms with Crippen molar-refractivity contribution in [2.24, 2.45) is 4.99 Å². The van der Waals surface area contributed by atoms with Crippen LogP contribution < -0.4 is 29.1 Å². The standard InChI is InChI=1S/C38H35ClN2O6S/c1-6-45-37(43)33-23(4)40-38-41(34(33)28-16-9-10-17-30(28)47-22(2)3)36(42)32(48-38)20-24-18-29(39)35(31(19-24)44-5)46-21-26-14-11-13-25-12-7-8-15-27(25)26/h7-20,22,34H,6,21H2,1-5H3/b32-20+/t34-/m0/s1. The van der Waals surface area contributed by atoms with Gasteiger partial charge in [0.15, 0.2) is 16.3 Å². The molecule has 0 bridgehead atoms. The first-order valence-corrected chi connectivity index (χ1v) is 16.8. The van der Waals surface area contributed by atoms with Crippen LogP contribution in [0.4, 0.5) is 0 Å². The smallest absolute Gasteiger partial charge is 0.338 e. The number of aromatic nitrogens is 1. The number of ether oxygens (including phenoxy) is 4. The molecule has 0 fully saturated rings. The minimum atomic E-state index is -0.805. The summed E-state index contributed by atoms with van der Waals surface area (Å²) in [5.41, 5.74) is 2.76. The number of benzene rings is 4. The Kier molecular flexibility index (Phi) is 9.71. The molecule has 0 N–H and O–H groups in total. The molecule has 0 saturated heterocycles. The predicted octanol–water partition coefficient (Wildman–Crippen LogP) is 6.98. The number of rotatable bonds is 10. The number of para-hydroxylation sites is 1. The number of fused-ring (bicyclic) bond motifs is 2. The van der Waals surface area contributed by atoms with Crippen LogP contribution in [0, 0.1) is 0 Å². The topological polar surface area (TPSA) is 88.4 Å². The van der Waals surface area contributed by atoms with Gasteiger partial charge in [0.25, 0.3) is 5.56 Å². The van der Waals surface area contributed by atoms with E-state index in [0.29, 0.717) is 55.0 Å². The van der Waals surface area contributed by atoms with Crippen LogP contribution in [0.2, 0.25) is 5.02 Å². The second-order valence-electron chi connectivity index (χ2n) is 11.5. The van der Waals surface area contributed by atoms with Crippen molar-refractivity contribution < 1.29 is 23.7 Å². The predicted molar refractivity (Wildman–Crippen MR) is 189 cm³/mol. The summed E-state index contributed by atoms with van der Waals surface area (Å²) in [6.07, 6.45) is 1.61. The third-order valence-corrected chi connectivity index (χ3v) is 9.16. The van der Waals surface area contributed by atoms with Gasteiger partial charge in [0, 0.05) is 5.56 Å². The highest BCUT2D eigenvalue weighted by Gasteiger charge is 2.35. The Labute approximate surface area is 287 Å². The first kappa shape index (κ1) is 33.1. The maximum Gasteiger partial charge on any atom is 0.338 e. The molecule has 10 heteroatoms. The van der Waals surface area contributed by atoms with E-state index >= 15 is 0 Å². The molecule has 6 rings (SSSR count). The molecule has 0 radical (unpaired) electrons. The molecule has 1 aliphatic heterocycles. The zero-order chi connectivity index (χ0) is 33.9.